The first-order valence-corrected chi connectivity index (χ1v) is 9.63. The molecule has 1 aromatic carbocycles. The van der Waals surface area contributed by atoms with Crippen LogP contribution in [0.3, 0.4) is 0 Å². The molecular weight excluding hydrogens is 336 g/mol. The number of carbonyl (C=O) groups is 1. The van der Waals surface area contributed by atoms with Gasteiger partial charge < -0.3 is 9.88 Å². The van der Waals surface area contributed by atoms with Gasteiger partial charge in [-0.1, -0.05) is 30.3 Å². The van der Waals surface area contributed by atoms with Crippen LogP contribution in [0, 0.1) is 0 Å². The van der Waals surface area contributed by atoms with Gasteiger partial charge in [0.2, 0.25) is 5.91 Å². The molecule has 1 fully saturated rings. The number of likely N-dealkylation sites (tertiary alicyclic amines) is 1. The van der Waals surface area contributed by atoms with Gasteiger partial charge in [-0.25, -0.2) is 4.98 Å². The molecule has 0 saturated carbocycles. The first-order chi connectivity index (χ1) is 13.2. The lowest BCUT2D eigenvalue weighted by Crippen LogP contribution is -2.44. The smallest absolute Gasteiger partial charge is 0.224 e. The predicted molar refractivity (Wildman–Crippen MR) is 107 cm³/mol. The Labute approximate surface area is 160 Å². The van der Waals surface area contributed by atoms with Gasteiger partial charge in [0.1, 0.15) is 5.65 Å². The molecule has 27 heavy (non-hydrogen) atoms. The molecule has 0 atom stereocenters. The average Bonchev–Trinajstić information content (AvgIpc) is 3.00. The summed E-state index contributed by atoms with van der Waals surface area (Å²) in [5.41, 5.74) is 3.32. The van der Waals surface area contributed by atoms with Crippen LogP contribution >= 0.6 is 0 Å². The van der Waals surface area contributed by atoms with Crippen molar-refractivity contribution in [1.29, 1.82) is 0 Å². The molecule has 1 amide bonds. The minimum absolute atomic E-state index is 0.105. The topological polar surface area (TPSA) is 50.2 Å². The Bertz CT molecular complexity index is 910. The monoisotopic (exact) mass is 362 g/mol. The molecule has 5 heteroatoms. The Morgan fingerprint density at radius 2 is 1.93 bits per heavy atom. The van der Waals surface area contributed by atoms with Gasteiger partial charge in [0.25, 0.3) is 0 Å². The number of benzene rings is 1. The third-order valence-corrected chi connectivity index (χ3v) is 5.37. The molecule has 0 bridgehead atoms. The molecule has 140 valence electrons. The van der Waals surface area contributed by atoms with Crippen LogP contribution in [0.15, 0.2) is 54.9 Å². The van der Waals surface area contributed by atoms with E-state index in [1.807, 2.05) is 29.9 Å². The molecule has 3 aromatic rings. The molecule has 1 N–H and O–H groups in total. The number of amides is 1. The number of piperidine rings is 1. The van der Waals surface area contributed by atoms with Crippen LogP contribution in [-0.4, -0.2) is 39.5 Å². The summed E-state index contributed by atoms with van der Waals surface area (Å²) in [5.74, 6) is 0.105. The Balaban J connectivity index is 1.29. The van der Waals surface area contributed by atoms with Crippen molar-refractivity contribution in [3.05, 3.63) is 66.0 Å². The fourth-order valence-corrected chi connectivity index (χ4v) is 3.96. The fourth-order valence-electron chi connectivity index (χ4n) is 3.96. The van der Waals surface area contributed by atoms with E-state index in [0.717, 1.165) is 49.1 Å². The second kappa shape index (κ2) is 7.92. The number of carbonyl (C=O) groups excluding carboxylic acids is 1. The number of pyridine rings is 1. The summed E-state index contributed by atoms with van der Waals surface area (Å²) in [6.07, 6.45) is 6.23. The van der Waals surface area contributed by atoms with Gasteiger partial charge in [-0.2, -0.15) is 0 Å². The zero-order valence-corrected chi connectivity index (χ0v) is 15.8. The zero-order chi connectivity index (χ0) is 18.6. The van der Waals surface area contributed by atoms with E-state index in [1.54, 1.807) is 6.20 Å². The number of hydrogen-bond acceptors (Lipinski definition) is 3. The maximum absolute atomic E-state index is 12.6. The van der Waals surface area contributed by atoms with Gasteiger partial charge in [0.05, 0.1) is 6.42 Å². The summed E-state index contributed by atoms with van der Waals surface area (Å²) in [6, 6.07) is 14.8. The van der Waals surface area contributed by atoms with Crippen LogP contribution < -0.4 is 5.32 Å². The molecule has 3 heterocycles. The van der Waals surface area contributed by atoms with Crippen LogP contribution in [0.5, 0.6) is 0 Å². The van der Waals surface area contributed by atoms with Gasteiger partial charge in [0, 0.05) is 50.5 Å². The average molecular weight is 362 g/mol. The molecule has 4 rings (SSSR count). The van der Waals surface area contributed by atoms with Gasteiger partial charge >= 0.3 is 0 Å². The number of nitrogens with zero attached hydrogens (tertiary/aromatic N) is 3. The lowest BCUT2D eigenvalue weighted by Gasteiger charge is -2.32. The van der Waals surface area contributed by atoms with E-state index in [1.165, 1.54) is 5.56 Å². The number of fused-ring (bicyclic) bond motifs is 1. The molecule has 0 unspecified atom stereocenters. The number of rotatable bonds is 5. The number of aryl methyl sites for hydroxylation is 1. The van der Waals surface area contributed by atoms with Crippen molar-refractivity contribution in [3.8, 4) is 0 Å². The molecule has 0 aliphatic carbocycles. The minimum atomic E-state index is 0.105. The predicted octanol–water partition coefficient (Wildman–Crippen LogP) is 2.90. The first-order valence-electron chi connectivity index (χ1n) is 9.63. The first kappa shape index (κ1) is 17.7. The molecule has 0 radical (unpaired) electrons. The second-order valence-corrected chi connectivity index (χ2v) is 7.42. The summed E-state index contributed by atoms with van der Waals surface area (Å²) in [7, 11) is 1.97. The maximum atomic E-state index is 12.6. The van der Waals surface area contributed by atoms with E-state index in [9.17, 15) is 4.79 Å². The SMILES string of the molecule is Cn1cc(CC(=O)NC2CCN(Cc3ccccc3)CC2)c2cccnc21. The Kier molecular flexibility index (Phi) is 5.21. The summed E-state index contributed by atoms with van der Waals surface area (Å²) in [4.78, 5) is 19.4. The lowest BCUT2D eigenvalue weighted by atomic mass is 10.0. The van der Waals surface area contributed by atoms with Crippen molar-refractivity contribution in [2.75, 3.05) is 13.1 Å². The zero-order valence-electron chi connectivity index (χ0n) is 15.8. The van der Waals surface area contributed by atoms with Crippen molar-refractivity contribution >= 4 is 16.9 Å². The van der Waals surface area contributed by atoms with E-state index in [0.29, 0.717) is 6.42 Å². The van der Waals surface area contributed by atoms with Gasteiger partial charge in [-0.05, 0) is 36.1 Å². The standard InChI is InChI=1S/C22H26N4O/c1-25-16-18(20-8-5-11-23-22(20)25)14-21(27)24-19-9-12-26(13-10-19)15-17-6-3-2-4-7-17/h2-8,11,16,19H,9-10,12-15H2,1H3,(H,24,27). The van der Waals surface area contributed by atoms with E-state index in [4.69, 9.17) is 0 Å². The van der Waals surface area contributed by atoms with Gasteiger partial charge in [-0.15, -0.1) is 0 Å². The molecule has 2 aromatic heterocycles. The van der Waals surface area contributed by atoms with Gasteiger partial charge in [-0.3, -0.25) is 9.69 Å². The third kappa shape index (κ3) is 4.19. The largest absolute Gasteiger partial charge is 0.353 e. The van der Waals surface area contributed by atoms with Crippen molar-refractivity contribution in [2.45, 2.75) is 31.8 Å². The highest BCUT2D eigenvalue weighted by atomic mass is 16.1. The van der Waals surface area contributed by atoms with Crippen molar-refractivity contribution in [3.63, 3.8) is 0 Å². The second-order valence-electron chi connectivity index (χ2n) is 7.42. The fraction of sp³-hybridized carbons (Fsp3) is 0.364. The molecule has 1 aliphatic heterocycles. The lowest BCUT2D eigenvalue weighted by molar-refractivity contribution is -0.121. The van der Waals surface area contributed by atoms with Crippen molar-refractivity contribution in [1.82, 2.24) is 19.8 Å². The van der Waals surface area contributed by atoms with Crippen molar-refractivity contribution < 1.29 is 4.79 Å². The molecule has 1 saturated heterocycles. The molecule has 0 spiro atoms. The molecular formula is C22H26N4O. The van der Waals surface area contributed by atoms with E-state index >= 15 is 0 Å². The van der Waals surface area contributed by atoms with Crippen LogP contribution in [0.25, 0.3) is 11.0 Å². The van der Waals surface area contributed by atoms with Crippen LogP contribution in [-0.2, 0) is 24.8 Å². The summed E-state index contributed by atoms with van der Waals surface area (Å²) in [6.45, 7) is 3.04. The van der Waals surface area contributed by atoms with Crippen LogP contribution in [0.4, 0.5) is 0 Å². The normalized spacial score (nSPS) is 15.9. The highest BCUT2D eigenvalue weighted by Crippen LogP contribution is 2.19. The molecule has 1 aliphatic rings. The highest BCUT2D eigenvalue weighted by Gasteiger charge is 2.21. The Morgan fingerprint density at radius 1 is 1.15 bits per heavy atom. The number of hydrogen-bond donors (Lipinski definition) is 1. The van der Waals surface area contributed by atoms with E-state index < -0.39 is 0 Å². The highest BCUT2D eigenvalue weighted by molar-refractivity contribution is 5.87. The number of nitrogens with one attached hydrogen (secondary N) is 1. The van der Waals surface area contributed by atoms with E-state index in [2.05, 4.69) is 45.5 Å². The number of aromatic nitrogens is 2. The summed E-state index contributed by atoms with van der Waals surface area (Å²) >= 11 is 0. The Hall–Kier alpha value is -2.66. The minimum Gasteiger partial charge on any atom is -0.353 e. The van der Waals surface area contributed by atoms with Gasteiger partial charge in [0.15, 0.2) is 0 Å². The Morgan fingerprint density at radius 3 is 2.70 bits per heavy atom. The summed E-state index contributed by atoms with van der Waals surface area (Å²) in [5, 5.41) is 4.29. The van der Waals surface area contributed by atoms with E-state index in [-0.39, 0.29) is 11.9 Å². The van der Waals surface area contributed by atoms with Crippen LogP contribution in [0.1, 0.15) is 24.0 Å². The summed E-state index contributed by atoms with van der Waals surface area (Å²) < 4.78 is 1.99. The third-order valence-electron chi connectivity index (χ3n) is 5.37. The molecule has 5 nitrogen and oxygen atoms in total. The maximum Gasteiger partial charge on any atom is 0.224 e. The van der Waals surface area contributed by atoms with Crippen LogP contribution in [0.2, 0.25) is 0 Å². The van der Waals surface area contributed by atoms with Crippen molar-refractivity contribution in [2.24, 2.45) is 7.05 Å². The quantitative estimate of drug-likeness (QED) is 0.759.